The molecule has 0 spiro atoms. The quantitative estimate of drug-likeness (QED) is 0.698. The summed E-state index contributed by atoms with van der Waals surface area (Å²) in [5.74, 6) is 1.02. The molecule has 1 amide bonds. The Labute approximate surface area is 158 Å². The Morgan fingerprint density at radius 3 is 2.41 bits per heavy atom. The van der Waals surface area contributed by atoms with Gasteiger partial charge in [-0.25, -0.2) is 9.97 Å². The Bertz CT molecular complexity index is 922. The summed E-state index contributed by atoms with van der Waals surface area (Å²) in [6, 6.07) is 13.7. The first kappa shape index (κ1) is 18.4. The molecule has 6 nitrogen and oxygen atoms in total. The van der Waals surface area contributed by atoms with Gasteiger partial charge in [0.1, 0.15) is 5.75 Å². The summed E-state index contributed by atoms with van der Waals surface area (Å²) < 4.78 is 5.12. The molecule has 2 aromatic carbocycles. The monoisotopic (exact) mass is 362 g/mol. The molecule has 0 bridgehead atoms. The molecule has 0 radical (unpaired) electrons. The second-order valence-electron chi connectivity index (χ2n) is 6.27. The summed E-state index contributed by atoms with van der Waals surface area (Å²) in [5, 5.41) is 6.04. The first-order valence-electron chi connectivity index (χ1n) is 8.62. The van der Waals surface area contributed by atoms with Crippen LogP contribution < -0.4 is 15.4 Å². The van der Waals surface area contributed by atoms with Gasteiger partial charge in [-0.2, -0.15) is 0 Å². The number of hydrogen-bond acceptors (Lipinski definition) is 5. The van der Waals surface area contributed by atoms with Crippen LogP contribution in [0.25, 0.3) is 0 Å². The average molecular weight is 362 g/mol. The van der Waals surface area contributed by atoms with Crippen LogP contribution in [0.4, 0.5) is 11.6 Å². The third kappa shape index (κ3) is 4.82. The minimum atomic E-state index is -0.218. The van der Waals surface area contributed by atoms with Crippen molar-refractivity contribution in [1.29, 1.82) is 0 Å². The Balaban J connectivity index is 1.60. The molecular weight excluding hydrogens is 340 g/mol. The summed E-state index contributed by atoms with van der Waals surface area (Å²) in [7, 11) is 1.62. The highest BCUT2D eigenvalue weighted by atomic mass is 16.5. The molecule has 0 saturated heterocycles. The lowest BCUT2D eigenvalue weighted by Crippen LogP contribution is -2.23. The molecule has 6 heteroatoms. The zero-order valence-corrected chi connectivity index (χ0v) is 15.6. The zero-order chi connectivity index (χ0) is 19.2. The number of rotatable bonds is 6. The normalized spacial score (nSPS) is 10.3. The molecule has 138 valence electrons. The minimum Gasteiger partial charge on any atom is -0.497 e. The van der Waals surface area contributed by atoms with Crippen LogP contribution in [0.15, 0.2) is 54.9 Å². The van der Waals surface area contributed by atoms with E-state index in [4.69, 9.17) is 4.74 Å². The van der Waals surface area contributed by atoms with E-state index in [1.807, 2.05) is 50.2 Å². The van der Waals surface area contributed by atoms with Crippen LogP contribution >= 0.6 is 0 Å². The van der Waals surface area contributed by atoms with E-state index in [0.29, 0.717) is 18.1 Å². The number of methoxy groups -OCH3 is 1. The average Bonchev–Trinajstić information content (AvgIpc) is 2.70. The molecule has 0 fully saturated rings. The van der Waals surface area contributed by atoms with E-state index in [-0.39, 0.29) is 5.91 Å². The smallest absolute Gasteiger partial charge is 0.254 e. The highest BCUT2D eigenvalue weighted by Gasteiger charge is 2.08. The number of aromatic nitrogens is 2. The van der Waals surface area contributed by atoms with Gasteiger partial charge in [0.15, 0.2) is 0 Å². The number of hydrogen-bond donors (Lipinski definition) is 2. The number of aryl methyl sites for hydroxylation is 2. The molecule has 3 rings (SSSR count). The molecule has 0 aliphatic rings. The third-order valence-electron chi connectivity index (χ3n) is 4.17. The number of carbonyl (C=O) groups is 1. The second kappa shape index (κ2) is 8.31. The predicted molar refractivity (Wildman–Crippen MR) is 105 cm³/mol. The number of nitrogens with one attached hydrogen (secondary N) is 2. The van der Waals surface area contributed by atoms with Gasteiger partial charge in [0.25, 0.3) is 5.91 Å². The first-order chi connectivity index (χ1) is 13.0. The van der Waals surface area contributed by atoms with Crippen molar-refractivity contribution in [2.75, 3.05) is 12.4 Å². The third-order valence-corrected chi connectivity index (χ3v) is 4.17. The van der Waals surface area contributed by atoms with Crippen molar-refractivity contribution in [3.05, 3.63) is 77.1 Å². The van der Waals surface area contributed by atoms with Crippen LogP contribution in [0.5, 0.6) is 5.75 Å². The lowest BCUT2D eigenvalue weighted by molar-refractivity contribution is 0.0950. The van der Waals surface area contributed by atoms with E-state index < -0.39 is 0 Å². The van der Waals surface area contributed by atoms with Crippen LogP contribution in [-0.4, -0.2) is 23.0 Å². The summed E-state index contributed by atoms with van der Waals surface area (Å²) in [5.41, 5.74) is 4.60. The molecule has 0 saturated carbocycles. The molecule has 3 aromatic rings. The zero-order valence-electron chi connectivity index (χ0n) is 15.6. The fraction of sp³-hybridized carbons (Fsp3) is 0.190. The highest BCUT2D eigenvalue weighted by Crippen LogP contribution is 2.19. The fourth-order valence-electron chi connectivity index (χ4n) is 2.53. The van der Waals surface area contributed by atoms with E-state index in [1.165, 1.54) is 12.4 Å². The highest BCUT2D eigenvalue weighted by molar-refractivity contribution is 5.93. The molecule has 0 unspecified atom stereocenters. The van der Waals surface area contributed by atoms with E-state index in [2.05, 4.69) is 26.7 Å². The Morgan fingerprint density at radius 1 is 1.04 bits per heavy atom. The maximum absolute atomic E-state index is 12.3. The largest absolute Gasteiger partial charge is 0.497 e. The van der Waals surface area contributed by atoms with Gasteiger partial charge in [0.05, 0.1) is 12.7 Å². The van der Waals surface area contributed by atoms with Crippen LogP contribution in [0.1, 0.15) is 27.0 Å². The van der Waals surface area contributed by atoms with Crippen molar-refractivity contribution in [3.8, 4) is 5.75 Å². The predicted octanol–water partition coefficient (Wildman–Crippen LogP) is 3.78. The van der Waals surface area contributed by atoms with E-state index in [0.717, 1.165) is 28.1 Å². The molecule has 1 heterocycles. The number of amides is 1. The molecule has 0 aliphatic heterocycles. The van der Waals surface area contributed by atoms with Gasteiger partial charge in [-0.3, -0.25) is 4.79 Å². The maximum atomic E-state index is 12.3. The van der Waals surface area contributed by atoms with Crippen LogP contribution in [0, 0.1) is 13.8 Å². The van der Waals surface area contributed by atoms with E-state index in [9.17, 15) is 4.79 Å². The van der Waals surface area contributed by atoms with Crippen LogP contribution in [0.3, 0.4) is 0 Å². The van der Waals surface area contributed by atoms with Crippen molar-refractivity contribution >= 4 is 17.5 Å². The number of benzene rings is 2. The summed E-state index contributed by atoms with van der Waals surface area (Å²) >= 11 is 0. The summed E-state index contributed by atoms with van der Waals surface area (Å²) in [6.45, 7) is 4.47. The van der Waals surface area contributed by atoms with E-state index >= 15 is 0 Å². The SMILES string of the molecule is COc1ccc(CNC(=O)c2cnc(Nc3cc(C)ccc3C)nc2)cc1. The van der Waals surface area contributed by atoms with Crippen molar-refractivity contribution in [2.45, 2.75) is 20.4 Å². The fourth-order valence-corrected chi connectivity index (χ4v) is 2.53. The number of anilines is 2. The molecule has 1 aromatic heterocycles. The Morgan fingerprint density at radius 2 is 1.74 bits per heavy atom. The Kier molecular flexibility index (Phi) is 5.66. The Hall–Kier alpha value is -3.41. The first-order valence-corrected chi connectivity index (χ1v) is 8.62. The van der Waals surface area contributed by atoms with Gasteiger partial charge in [-0.1, -0.05) is 24.3 Å². The lowest BCUT2D eigenvalue weighted by atomic mass is 10.1. The van der Waals surface area contributed by atoms with Gasteiger partial charge in [-0.15, -0.1) is 0 Å². The van der Waals surface area contributed by atoms with Crippen molar-refractivity contribution < 1.29 is 9.53 Å². The van der Waals surface area contributed by atoms with Crippen LogP contribution in [0.2, 0.25) is 0 Å². The van der Waals surface area contributed by atoms with Crippen molar-refractivity contribution in [2.24, 2.45) is 0 Å². The van der Waals surface area contributed by atoms with Gasteiger partial charge in [-0.05, 0) is 48.7 Å². The molecule has 2 N–H and O–H groups in total. The standard InChI is InChI=1S/C21H22N4O2/c1-14-4-5-15(2)19(10-14)25-21-23-12-17(13-24-21)20(26)22-11-16-6-8-18(27-3)9-7-16/h4-10,12-13H,11H2,1-3H3,(H,22,26)(H,23,24,25). The van der Waals surface area contributed by atoms with E-state index in [1.54, 1.807) is 7.11 Å². The minimum absolute atomic E-state index is 0.218. The van der Waals surface area contributed by atoms with Gasteiger partial charge >= 0.3 is 0 Å². The van der Waals surface area contributed by atoms with Crippen LogP contribution in [-0.2, 0) is 6.54 Å². The molecular formula is C21H22N4O2. The molecule has 0 atom stereocenters. The number of carbonyl (C=O) groups excluding carboxylic acids is 1. The lowest BCUT2D eigenvalue weighted by Gasteiger charge is -2.10. The molecule has 27 heavy (non-hydrogen) atoms. The number of nitrogens with zero attached hydrogens (tertiary/aromatic N) is 2. The van der Waals surface area contributed by atoms with Gasteiger partial charge < -0.3 is 15.4 Å². The van der Waals surface area contributed by atoms with Crippen molar-refractivity contribution in [1.82, 2.24) is 15.3 Å². The van der Waals surface area contributed by atoms with Gasteiger partial charge in [0.2, 0.25) is 5.95 Å². The summed E-state index contributed by atoms with van der Waals surface area (Å²) in [6.07, 6.45) is 3.04. The topological polar surface area (TPSA) is 76.1 Å². The maximum Gasteiger partial charge on any atom is 0.254 e. The summed E-state index contributed by atoms with van der Waals surface area (Å²) in [4.78, 5) is 20.8. The second-order valence-corrected chi connectivity index (χ2v) is 6.27. The molecule has 0 aliphatic carbocycles. The van der Waals surface area contributed by atoms with Crippen molar-refractivity contribution in [3.63, 3.8) is 0 Å². The number of ether oxygens (including phenoxy) is 1. The van der Waals surface area contributed by atoms with Gasteiger partial charge in [0, 0.05) is 24.6 Å².